The molecular formula is C15H24N2O. The summed E-state index contributed by atoms with van der Waals surface area (Å²) in [6.45, 7) is 1.97. The van der Waals surface area contributed by atoms with Crippen molar-refractivity contribution in [1.29, 1.82) is 0 Å². The molecular weight excluding hydrogens is 224 g/mol. The molecule has 0 aliphatic heterocycles. The Bertz CT molecular complexity index is 388. The summed E-state index contributed by atoms with van der Waals surface area (Å²) >= 11 is 0. The summed E-state index contributed by atoms with van der Waals surface area (Å²) in [5.74, 6) is 0.968. The van der Waals surface area contributed by atoms with Crippen LogP contribution in [-0.4, -0.2) is 31.1 Å². The van der Waals surface area contributed by atoms with E-state index in [1.165, 1.54) is 24.8 Å². The quantitative estimate of drug-likeness (QED) is 0.840. The van der Waals surface area contributed by atoms with Crippen molar-refractivity contribution in [2.24, 2.45) is 5.73 Å². The highest BCUT2D eigenvalue weighted by molar-refractivity contribution is 5.32. The highest BCUT2D eigenvalue weighted by atomic mass is 16.5. The molecule has 3 heteroatoms. The maximum Gasteiger partial charge on any atom is 0.123 e. The van der Waals surface area contributed by atoms with E-state index in [2.05, 4.69) is 24.1 Å². The SMILES string of the molecule is COc1ccccc1CN(C)CCC1(N)CCC1. The lowest BCUT2D eigenvalue weighted by atomic mass is 9.75. The van der Waals surface area contributed by atoms with Crippen molar-refractivity contribution in [1.82, 2.24) is 4.90 Å². The monoisotopic (exact) mass is 248 g/mol. The summed E-state index contributed by atoms with van der Waals surface area (Å²) in [5, 5.41) is 0. The van der Waals surface area contributed by atoms with Gasteiger partial charge >= 0.3 is 0 Å². The van der Waals surface area contributed by atoms with Crippen molar-refractivity contribution >= 4 is 0 Å². The van der Waals surface area contributed by atoms with Gasteiger partial charge in [0.05, 0.1) is 7.11 Å². The van der Waals surface area contributed by atoms with Crippen LogP contribution in [0.25, 0.3) is 0 Å². The molecule has 1 aromatic carbocycles. The lowest BCUT2D eigenvalue weighted by Crippen LogP contribution is -2.48. The zero-order valence-electron chi connectivity index (χ0n) is 11.5. The first kappa shape index (κ1) is 13.4. The number of benzene rings is 1. The van der Waals surface area contributed by atoms with Gasteiger partial charge in [0.15, 0.2) is 0 Å². The fourth-order valence-electron chi connectivity index (χ4n) is 2.50. The van der Waals surface area contributed by atoms with Crippen molar-refractivity contribution in [3.63, 3.8) is 0 Å². The van der Waals surface area contributed by atoms with Gasteiger partial charge in [-0.05, 0) is 45.3 Å². The first-order valence-corrected chi connectivity index (χ1v) is 6.72. The predicted octanol–water partition coefficient (Wildman–Crippen LogP) is 2.40. The average molecular weight is 248 g/mol. The van der Waals surface area contributed by atoms with Gasteiger partial charge in [-0.25, -0.2) is 0 Å². The summed E-state index contributed by atoms with van der Waals surface area (Å²) in [4.78, 5) is 2.32. The third kappa shape index (κ3) is 3.24. The van der Waals surface area contributed by atoms with E-state index in [1.54, 1.807) is 7.11 Å². The number of nitrogens with two attached hydrogens (primary N) is 1. The Morgan fingerprint density at radius 3 is 2.67 bits per heavy atom. The van der Waals surface area contributed by atoms with E-state index in [-0.39, 0.29) is 5.54 Å². The molecule has 0 bridgehead atoms. The van der Waals surface area contributed by atoms with Crippen LogP contribution >= 0.6 is 0 Å². The van der Waals surface area contributed by atoms with E-state index in [9.17, 15) is 0 Å². The van der Waals surface area contributed by atoms with Crippen LogP contribution in [0.1, 0.15) is 31.2 Å². The number of hydrogen-bond donors (Lipinski definition) is 1. The molecule has 2 N–H and O–H groups in total. The van der Waals surface area contributed by atoms with Crippen LogP contribution < -0.4 is 10.5 Å². The Kier molecular flexibility index (Phi) is 4.25. The zero-order chi connectivity index (χ0) is 13.0. The minimum atomic E-state index is 0.120. The van der Waals surface area contributed by atoms with Crippen LogP contribution in [0.5, 0.6) is 5.75 Å². The topological polar surface area (TPSA) is 38.5 Å². The number of rotatable bonds is 6. The van der Waals surface area contributed by atoms with Gasteiger partial charge in [0.2, 0.25) is 0 Å². The van der Waals surface area contributed by atoms with Crippen LogP contribution in [0, 0.1) is 0 Å². The largest absolute Gasteiger partial charge is 0.496 e. The van der Waals surface area contributed by atoms with Gasteiger partial charge in [0.1, 0.15) is 5.75 Å². The fourth-order valence-corrected chi connectivity index (χ4v) is 2.50. The highest BCUT2D eigenvalue weighted by Crippen LogP contribution is 2.32. The third-order valence-corrected chi connectivity index (χ3v) is 3.97. The van der Waals surface area contributed by atoms with Crippen LogP contribution in [0.15, 0.2) is 24.3 Å². The van der Waals surface area contributed by atoms with Gasteiger partial charge < -0.3 is 15.4 Å². The molecule has 2 rings (SSSR count). The van der Waals surface area contributed by atoms with Gasteiger partial charge in [-0.3, -0.25) is 0 Å². The molecule has 0 unspecified atom stereocenters. The second-order valence-corrected chi connectivity index (χ2v) is 5.52. The molecule has 0 heterocycles. The number of nitrogens with zero attached hydrogens (tertiary/aromatic N) is 1. The van der Waals surface area contributed by atoms with E-state index < -0.39 is 0 Å². The van der Waals surface area contributed by atoms with Crippen LogP contribution in [0.4, 0.5) is 0 Å². The van der Waals surface area contributed by atoms with E-state index in [1.807, 2.05) is 12.1 Å². The van der Waals surface area contributed by atoms with E-state index in [0.29, 0.717) is 0 Å². The molecule has 1 aromatic rings. The number of hydrogen-bond acceptors (Lipinski definition) is 3. The van der Waals surface area contributed by atoms with Crippen LogP contribution in [0.3, 0.4) is 0 Å². The molecule has 0 saturated heterocycles. The highest BCUT2D eigenvalue weighted by Gasteiger charge is 2.31. The summed E-state index contributed by atoms with van der Waals surface area (Å²) in [6, 6.07) is 8.20. The molecule has 0 atom stereocenters. The predicted molar refractivity (Wildman–Crippen MR) is 74.7 cm³/mol. The Hall–Kier alpha value is -1.06. The molecule has 1 saturated carbocycles. The minimum absolute atomic E-state index is 0.120. The van der Waals surface area contributed by atoms with E-state index in [4.69, 9.17) is 10.5 Å². The molecule has 18 heavy (non-hydrogen) atoms. The molecule has 100 valence electrons. The summed E-state index contributed by atoms with van der Waals surface area (Å²) in [6.07, 6.45) is 4.77. The second-order valence-electron chi connectivity index (χ2n) is 5.52. The van der Waals surface area contributed by atoms with Crippen molar-refractivity contribution in [2.45, 2.75) is 37.8 Å². The average Bonchev–Trinajstić information content (AvgIpc) is 2.35. The standard InChI is InChI=1S/C15H24N2O/c1-17(11-10-15(16)8-5-9-15)12-13-6-3-4-7-14(13)18-2/h3-4,6-7H,5,8-12,16H2,1-2H3. The Morgan fingerprint density at radius 2 is 2.06 bits per heavy atom. The van der Waals surface area contributed by atoms with Gasteiger partial charge in [-0.15, -0.1) is 0 Å². The van der Waals surface area contributed by atoms with E-state index >= 15 is 0 Å². The Balaban J connectivity index is 1.84. The van der Waals surface area contributed by atoms with Crippen molar-refractivity contribution in [2.75, 3.05) is 20.7 Å². The molecule has 1 fully saturated rings. The first-order chi connectivity index (χ1) is 8.63. The zero-order valence-corrected chi connectivity index (χ0v) is 11.5. The molecule has 3 nitrogen and oxygen atoms in total. The van der Waals surface area contributed by atoms with Gasteiger partial charge in [0, 0.05) is 17.6 Å². The molecule has 1 aliphatic rings. The third-order valence-electron chi connectivity index (χ3n) is 3.97. The molecule has 1 aliphatic carbocycles. The first-order valence-electron chi connectivity index (χ1n) is 6.72. The molecule has 0 radical (unpaired) electrons. The summed E-state index contributed by atoms with van der Waals surface area (Å²) < 4.78 is 5.37. The smallest absolute Gasteiger partial charge is 0.123 e. The lowest BCUT2D eigenvalue weighted by Gasteiger charge is -2.39. The van der Waals surface area contributed by atoms with Crippen molar-refractivity contribution < 1.29 is 4.74 Å². The Morgan fingerprint density at radius 1 is 1.33 bits per heavy atom. The lowest BCUT2D eigenvalue weighted by molar-refractivity contribution is 0.193. The van der Waals surface area contributed by atoms with Crippen molar-refractivity contribution in [3.8, 4) is 5.75 Å². The van der Waals surface area contributed by atoms with Gasteiger partial charge in [-0.2, -0.15) is 0 Å². The Labute approximate surface area is 110 Å². The van der Waals surface area contributed by atoms with E-state index in [0.717, 1.165) is 25.3 Å². The number of methoxy groups -OCH3 is 1. The van der Waals surface area contributed by atoms with Crippen LogP contribution in [0.2, 0.25) is 0 Å². The molecule has 0 amide bonds. The van der Waals surface area contributed by atoms with Crippen LogP contribution in [-0.2, 0) is 6.54 Å². The summed E-state index contributed by atoms with van der Waals surface area (Å²) in [7, 11) is 3.87. The normalized spacial score (nSPS) is 17.6. The maximum absolute atomic E-state index is 6.25. The van der Waals surface area contributed by atoms with Crippen molar-refractivity contribution in [3.05, 3.63) is 29.8 Å². The number of para-hydroxylation sites is 1. The van der Waals surface area contributed by atoms with Gasteiger partial charge in [0.25, 0.3) is 0 Å². The minimum Gasteiger partial charge on any atom is -0.496 e. The molecule has 0 aromatic heterocycles. The van der Waals surface area contributed by atoms with Gasteiger partial charge in [-0.1, -0.05) is 18.2 Å². The maximum atomic E-state index is 6.25. The fraction of sp³-hybridized carbons (Fsp3) is 0.600. The second kappa shape index (κ2) is 5.72. The molecule has 0 spiro atoms. The number of ether oxygens (including phenoxy) is 1. The summed E-state index contributed by atoms with van der Waals surface area (Å²) in [5.41, 5.74) is 7.61.